The smallest absolute Gasteiger partial charge is 0.244 e. The van der Waals surface area contributed by atoms with Gasteiger partial charge in [-0.3, -0.25) is 0 Å². The Kier molecular flexibility index (Phi) is 5.13. The number of aromatic nitrogens is 1. The van der Waals surface area contributed by atoms with E-state index in [4.69, 9.17) is 0 Å². The average Bonchev–Trinajstić information content (AvgIpc) is 2.75. The summed E-state index contributed by atoms with van der Waals surface area (Å²) in [4.78, 5) is 3.25. The van der Waals surface area contributed by atoms with E-state index in [0.717, 1.165) is 5.69 Å². The first-order valence-electron chi connectivity index (χ1n) is 5.86. The Bertz CT molecular complexity index is 491. The van der Waals surface area contributed by atoms with Crippen molar-refractivity contribution >= 4 is 10.0 Å². The van der Waals surface area contributed by atoms with Crippen molar-refractivity contribution < 1.29 is 8.42 Å². The van der Waals surface area contributed by atoms with Gasteiger partial charge in [0, 0.05) is 38.1 Å². The van der Waals surface area contributed by atoms with Gasteiger partial charge < -0.3 is 10.3 Å². The van der Waals surface area contributed by atoms with Crippen molar-refractivity contribution in [3.63, 3.8) is 0 Å². The van der Waals surface area contributed by atoms with E-state index in [-0.39, 0.29) is 4.90 Å². The van der Waals surface area contributed by atoms with Crippen LogP contribution in [0.2, 0.25) is 0 Å². The molecule has 1 rings (SSSR count). The number of nitrogens with zero attached hydrogens (tertiary/aromatic N) is 1. The fraction of sp³-hybridized carbons (Fsp3) is 0.500. The van der Waals surface area contributed by atoms with E-state index in [1.54, 1.807) is 12.1 Å². The Labute approximate surface area is 109 Å². The Balaban J connectivity index is 2.81. The third-order valence-corrected chi connectivity index (χ3v) is 4.31. The van der Waals surface area contributed by atoms with Crippen molar-refractivity contribution in [1.82, 2.24) is 14.6 Å². The summed E-state index contributed by atoms with van der Waals surface area (Å²) in [6.07, 6.45) is 3.08. The number of aromatic amines is 1. The monoisotopic (exact) mass is 271 g/mol. The van der Waals surface area contributed by atoms with Crippen LogP contribution in [-0.4, -0.2) is 37.3 Å². The second-order valence-corrected chi connectivity index (χ2v) is 6.52. The standard InChI is InChI=1S/C12H21N3O2S/c1-5-6-15(4)18(16,17)12-7-11(14-9-12)8-13-10(2)3/h5,7,9-10,13-14H,1,6,8H2,2-4H3. The molecule has 0 bridgehead atoms. The largest absolute Gasteiger partial charge is 0.363 e. The lowest BCUT2D eigenvalue weighted by Crippen LogP contribution is -2.26. The van der Waals surface area contributed by atoms with Gasteiger partial charge in [0.15, 0.2) is 0 Å². The first kappa shape index (κ1) is 14.9. The topological polar surface area (TPSA) is 65.2 Å². The van der Waals surface area contributed by atoms with Crippen LogP contribution in [0.15, 0.2) is 29.8 Å². The summed E-state index contributed by atoms with van der Waals surface area (Å²) in [5.74, 6) is 0. The zero-order valence-electron chi connectivity index (χ0n) is 11.1. The number of rotatable bonds is 7. The van der Waals surface area contributed by atoms with Crippen LogP contribution in [0.1, 0.15) is 19.5 Å². The fourth-order valence-electron chi connectivity index (χ4n) is 1.44. The van der Waals surface area contributed by atoms with Gasteiger partial charge in [0.25, 0.3) is 0 Å². The molecule has 0 aliphatic rings. The quantitative estimate of drug-likeness (QED) is 0.735. The lowest BCUT2D eigenvalue weighted by Gasteiger charge is -2.13. The highest BCUT2D eigenvalue weighted by atomic mass is 32.2. The molecule has 5 nitrogen and oxygen atoms in total. The van der Waals surface area contributed by atoms with E-state index in [2.05, 4.69) is 16.9 Å². The highest BCUT2D eigenvalue weighted by Gasteiger charge is 2.20. The summed E-state index contributed by atoms with van der Waals surface area (Å²) in [7, 11) is -1.88. The SMILES string of the molecule is C=CCN(C)S(=O)(=O)c1c[nH]c(CNC(C)C)c1. The molecule has 0 spiro atoms. The number of hydrogen-bond donors (Lipinski definition) is 2. The molecule has 1 aromatic heterocycles. The Morgan fingerprint density at radius 3 is 2.78 bits per heavy atom. The lowest BCUT2D eigenvalue weighted by molar-refractivity contribution is 0.499. The van der Waals surface area contributed by atoms with Gasteiger partial charge in [0.1, 0.15) is 0 Å². The van der Waals surface area contributed by atoms with E-state index in [0.29, 0.717) is 19.1 Å². The predicted octanol–water partition coefficient (Wildman–Crippen LogP) is 1.32. The van der Waals surface area contributed by atoms with Crippen LogP contribution in [-0.2, 0) is 16.6 Å². The highest BCUT2D eigenvalue weighted by molar-refractivity contribution is 7.89. The first-order valence-corrected chi connectivity index (χ1v) is 7.30. The van der Waals surface area contributed by atoms with Gasteiger partial charge in [-0.05, 0) is 6.07 Å². The maximum atomic E-state index is 12.1. The zero-order chi connectivity index (χ0) is 13.8. The summed E-state index contributed by atoms with van der Waals surface area (Å²) >= 11 is 0. The molecule has 0 aliphatic carbocycles. The van der Waals surface area contributed by atoms with E-state index >= 15 is 0 Å². The average molecular weight is 271 g/mol. The maximum absolute atomic E-state index is 12.1. The molecular weight excluding hydrogens is 250 g/mol. The number of sulfonamides is 1. The maximum Gasteiger partial charge on any atom is 0.244 e. The normalized spacial score (nSPS) is 12.3. The lowest BCUT2D eigenvalue weighted by atomic mass is 10.3. The molecule has 0 amide bonds. The molecule has 18 heavy (non-hydrogen) atoms. The minimum absolute atomic E-state index is 0.285. The summed E-state index contributed by atoms with van der Waals surface area (Å²) in [5, 5.41) is 3.23. The minimum Gasteiger partial charge on any atom is -0.363 e. The molecule has 1 aromatic rings. The minimum atomic E-state index is -3.42. The molecule has 0 atom stereocenters. The van der Waals surface area contributed by atoms with E-state index in [1.165, 1.54) is 17.5 Å². The van der Waals surface area contributed by atoms with Crippen LogP contribution < -0.4 is 5.32 Å². The van der Waals surface area contributed by atoms with Crippen LogP contribution in [0.4, 0.5) is 0 Å². The van der Waals surface area contributed by atoms with E-state index in [9.17, 15) is 8.42 Å². The molecule has 0 radical (unpaired) electrons. The molecule has 0 fully saturated rings. The van der Waals surface area contributed by atoms with Crippen molar-refractivity contribution in [3.05, 3.63) is 30.6 Å². The second kappa shape index (κ2) is 6.17. The number of nitrogens with one attached hydrogen (secondary N) is 2. The first-order chi connectivity index (χ1) is 8.37. The third-order valence-electron chi connectivity index (χ3n) is 2.51. The van der Waals surface area contributed by atoms with Crippen LogP contribution in [0.3, 0.4) is 0 Å². The van der Waals surface area contributed by atoms with Gasteiger partial charge >= 0.3 is 0 Å². The van der Waals surface area contributed by atoms with Gasteiger partial charge in [0.2, 0.25) is 10.0 Å². The molecule has 0 unspecified atom stereocenters. The van der Waals surface area contributed by atoms with E-state index < -0.39 is 10.0 Å². The summed E-state index contributed by atoms with van der Waals surface area (Å²) in [6, 6.07) is 2.02. The number of H-pyrrole nitrogens is 1. The van der Waals surface area contributed by atoms with Crippen LogP contribution >= 0.6 is 0 Å². The van der Waals surface area contributed by atoms with Crippen LogP contribution in [0.5, 0.6) is 0 Å². The molecule has 102 valence electrons. The predicted molar refractivity (Wildman–Crippen MR) is 72.8 cm³/mol. The highest BCUT2D eigenvalue weighted by Crippen LogP contribution is 2.15. The fourth-order valence-corrected chi connectivity index (χ4v) is 2.60. The van der Waals surface area contributed by atoms with E-state index in [1.807, 2.05) is 13.8 Å². The second-order valence-electron chi connectivity index (χ2n) is 4.47. The van der Waals surface area contributed by atoms with Crippen molar-refractivity contribution in [2.45, 2.75) is 31.3 Å². The molecule has 0 saturated heterocycles. The van der Waals surface area contributed by atoms with Gasteiger partial charge in [-0.15, -0.1) is 6.58 Å². The van der Waals surface area contributed by atoms with Crippen LogP contribution in [0.25, 0.3) is 0 Å². The molecular formula is C12H21N3O2S. The van der Waals surface area contributed by atoms with Gasteiger partial charge in [0.05, 0.1) is 4.90 Å². The summed E-state index contributed by atoms with van der Waals surface area (Å²) in [6.45, 7) is 8.54. The van der Waals surface area contributed by atoms with Gasteiger partial charge in [-0.2, -0.15) is 4.31 Å². The molecule has 2 N–H and O–H groups in total. The van der Waals surface area contributed by atoms with Crippen molar-refractivity contribution in [2.24, 2.45) is 0 Å². The summed E-state index contributed by atoms with van der Waals surface area (Å²) < 4.78 is 25.5. The zero-order valence-corrected chi connectivity index (χ0v) is 11.9. The number of hydrogen-bond acceptors (Lipinski definition) is 3. The van der Waals surface area contributed by atoms with Gasteiger partial charge in [-0.1, -0.05) is 19.9 Å². The molecule has 0 saturated carbocycles. The van der Waals surface area contributed by atoms with Crippen LogP contribution in [0, 0.1) is 0 Å². The molecule has 1 heterocycles. The van der Waals surface area contributed by atoms with Gasteiger partial charge in [-0.25, -0.2) is 8.42 Å². The van der Waals surface area contributed by atoms with Crippen molar-refractivity contribution in [2.75, 3.05) is 13.6 Å². The Hall–Kier alpha value is -1.11. The Morgan fingerprint density at radius 1 is 1.56 bits per heavy atom. The Morgan fingerprint density at radius 2 is 2.22 bits per heavy atom. The molecule has 6 heteroatoms. The van der Waals surface area contributed by atoms with Crippen molar-refractivity contribution in [3.8, 4) is 0 Å². The third kappa shape index (κ3) is 3.69. The molecule has 0 aromatic carbocycles. The molecule has 0 aliphatic heterocycles. The number of likely N-dealkylation sites (N-methyl/N-ethyl adjacent to an activating group) is 1. The summed E-state index contributed by atoms with van der Waals surface area (Å²) in [5.41, 5.74) is 0.856. The van der Waals surface area contributed by atoms with Crippen molar-refractivity contribution in [1.29, 1.82) is 0 Å².